The zero-order valence-electron chi connectivity index (χ0n) is 8.20. The molecule has 1 heterocycles. The van der Waals surface area contributed by atoms with E-state index in [1.807, 2.05) is 18.3 Å². The SMILES string of the molecule is CC(C)CC(Br)Cc1ccccn1. The fraction of sp³-hybridized carbons (Fsp3) is 0.545. The normalized spacial score (nSPS) is 13.2. The standard InChI is InChI=1S/C11H16BrN/c1-9(2)7-10(12)8-11-5-3-4-6-13-11/h3-6,9-10H,7-8H2,1-2H3. The molecule has 72 valence electrons. The number of alkyl halides is 1. The van der Waals surface area contributed by atoms with Crippen LogP contribution >= 0.6 is 15.9 Å². The molecule has 1 rings (SSSR count). The summed E-state index contributed by atoms with van der Waals surface area (Å²) in [5, 5.41) is 0. The largest absolute Gasteiger partial charge is 0.261 e. The molecule has 1 aromatic rings. The molecule has 0 saturated heterocycles. The molecule has 0 saturated carbocycles. The highest BCUT2D eigenvalue weighted by Gasteiger charge is 2.07. The molecule has 2 heteroatoms. The predicted molar refractivity (Wildman–Crippen MR) is 60.1 cm³/mol. The van der Waals surface area contributed by atoms with E-state index in [2.05, 4.69) is 40.8 Å². The summed E-state index contributed by atoms with van der Waals surface area (Å²) in [4.78, 5) is 4.85. The van der Waals surface area contributed by atoms with Gasteiger partial charge in [-0.3, -0.25) is 4.98 Å². The first kappa shape index (κ1) is 10.7. The third-order valence-electron chi connectivity index (χ3n) is 1.88. The van der Waals surface area contributed by atoms with Crippen molar-refractivity contribution in [2.45, 2.75) is 31.5 Å². The molecule has 1 atom stereocenters. The smallest absolute Gasteiger partial charge is 0.0414 e. The monoisotopic (exact) mass is 241 g/mol. The van der Waals surface area contributed by atoms with E-state index in [1.165, 1.54) is 12.1 Å². The van der Waals surface area contributed by atoms with Gasteiger partial charge in [-0.25, -0.2) is 0 Å². The highest BCUT2D eigenvalue weighted by Crippen LogP contribution is 2.16. The molecule has 0 bridgehead atoms. The van der Waals surface area contributed by atoms with Gasteiger partial charge in [-0.1, -0.05) is 35.8 Å². The minimum Gasteiger partial charge on any atom is -0.261 e. The number of pyridine rings is 1. The molecule has 0 aliphatic rings. The Labute approximate surface area is 88.7 Å². The third kappa shape index (κ3) is 4.41. The molecular formula is C11H16BrN. The van der Waals surface area contributed by atoms with Crippen molar-refractivity contribution < 1.29 is 0 Å². The van der Waals surface area contributed by atoms with Crippen LogP contribution in [0.4, 0.5) is 0 Å². The summed E-state index contributed by atoms with van der Waals surface area (Å²) in [6.45, 7) is 4.49. The van der Waals surface area contributed by atoms with Gasteiger partial charge in [0.15, 0.2) is 0 Å². The summed E-state index contributed by atoms with van der Waals surface area (Å²) in [5.41, 5.74) is 1.17. The summed E-state index contributed by atoms with van der Waals surface area (Å²) in [6.07, 6.45) is 4.08. The average molecular weight is 242 g/mol. The predicted octanol–water partition coefficient (Wildman–Crippen LogP) is 3.43. The van der Waals surface area contributed by atoms with Gasteiger partial charge >= 0.3 is 0 Å². The van der Waals surface area contributed by atoms with E-state index in [0.717, 1.165) is 12.3 Å². The van der Waals surface area contributed by atoms with Crippen molar-refractivity contribution in [3.05, 3.63) is 30.1 Å². The first-order valence-electron chi connectivity index (χ1n) is 4.72. The van der Waals surface area contributed by atoms with Gasteiger partial charge in [0.05, 0.1) is 0 Å². The molecule has 1 nitrogen and oxygen atoms in total. The average Bonchev–Trinajstić information content (AvgIpc) is 2.04. The first-order valence-corrected chi connectivity index (χ1v) is 5.64. The van der Waals surface area contributed by atoms with E-state index < -0.39 is 0 Å². The molecule has 13 heavy (non-hydrogen) atoms. The minimum absolute atomic E-state index is 0.558. The van der Waals surface area contributed by atoms with Gasteiger partial charge in [0.2, 0.25) is 0 Å². The van der Waals surface area contributed by atoms with Gasteiger partial charge in [-0.05, 0) is 24.5 Å². The molecule has 0 spiro atoms. The van der Waals surface area contributed by atoms with E-state index >= 15 is 0 Å². The van der Waals surface area contributed by atoms with Crippen LogP contribution in [0.2, 0.25) is 0 Å². The second-order valence-electron chi connectivity index (χ2n) is 3.75. The van der Waals surface area contributed by atoms with Crippen molar-refractivity contribution in [3.63, 3.8) is 0 Å². The van der Waals surface area contributed by atoms with Gasteiger partial charge < -0.3 is 0 Å². The van der Waals surface area contributed by atoms with Gasteiger partial charge in [0.25, 0.3) is 0 Å². The first-order chi connectivity index (χ1) is 6.18. The van der Waals surface area contributed by atoms with Gasteiger partial charge in [-0.2, -0.15) is 0 Å². The van der Waals surface area contributed by atoms with E-state index in [0.29, 0.717) is 4.83 Å². The maximum absolute atomic E-state index is 4.30. The molecule has 1 aromatic heterocycles. The van der Waals surface area contributed by atoms with Gasteiger partial charge in [0.1, 0.15) is 0 Å². The van der Waals surface area contributed by atoms with Crippen LogP contribution < -0.4 is 0 Å². The van der Waals surface area contributed by atoms with Crippen molar-refractivity contribution in [2.24, 2.45) is 5.92 Å². The number of aromatic nitrogens is 1. The van der Waals surface area contributed by atoms with Crippen LogP contribution in [0.1, 0.15) is 26.0 Å². The van der Waals surface area contributed by atoms with Crippen molar-refractivity contribution >= 4 is 15.9 Å². The molecule has 0 fully saturated rings. The topological polar surface area (TPSA) is 12.9 Å². The van der Waals surface area contributed by atoms with E-state index in [9.17, 15) is 0 Å². The number of halogens is 1. The molecule has 0 aliphatic heterocycles. The Balaban J connectivity index is 2.41. The van der Waals surface area contributed by atoms with Crippen LogP contribution in [-0.4, -0.2) is 9.81 Å². The Morgan fingerprint density at radius 3 is 2.69 bits per heavy atom. The van der Waals surface area contributed by atoms with Crippen molar-refractivity contribution in [1.29, 1.82) is 0 Å². The van der Waals surface area contributed by atoms with Crippen LogP contribution in [0.25, 0.3) is 0 Å². The summed E-state index contributed by atoms with van der Waals surface area (Å²) in [7, 11) is 0. The fourth-order valence-electron chi connectivity index (χ4n) is 1.34. The second kappa shape index (κ2) is 5.38. The second-order valence-corrected chi connectivity index (χ2v) is 5.05. The van der Waals surface area contributed by atoms with E-state index in [4.69, 9.17) is 0 Å². The summed E-state index contributed by atoms with van der Waals surface area (Å²) < 4.78 is 0. The molecule has 0 aliphatic carbocycles. The number of rotatable bonds is 4. The van der Waals surface area contributed by atoms with Crippen LogP contribution in [0.5, 0.6) is 0 Å². The lowest BCUT2D eigenvalue weighted by Gasteiger charge is -2.11. The van der Waals surface area contributed by atoms with Gasteiger partial charge in [0, 0.05) is 23.1 Å². The minimum atomic E-state index is 0.558. The van der Waals surface area contributed by atoms with E-state index in [-0.39, 0.29) is 0 Å². The van der Waals surface area contributed by atoms with Crippen LogP contribution in [0.15, 0.2) is 24.4 Å². The molecule has 0 radical (unpaired) electrons. The Morgan fingerprint density at radius 2 is 2.15 bits per heavy atom. The lowest BCUT2D eigenvalue weighted by Crippen LogP contribution is -2.07. The van der Waals surface area contributed by atoms with Crippen molar-refractivity contribution in [3.8, 4) is 0 Å². The summed E-state index contributed by atoms with van der Waals surface area (Å²) in [6, 6.07) is 6.07. The third-order valence-corrected chi connectivity index (χ3v) is 2.58. The van der Waals surface area contributed by atoms with Crippen LogP contribution in [0.3, 0.4) is 0 Å². The number of hydrogen-bond donors (Lipinski definition) is 0. The summed E-state index contributed by atoms with van der Waals surface area (Å²) >= 11 is 3.68. The quantitative estimate of drug-likeness (QED) is 0.737. The van der Waals surface area contributed by atoms with Crippen LogP contribution in [0, 0.1) is 5.92 Å². The number of hydrogen-bond acceptors (Lipinski definition) is 1. The zero-order chi connectivity index (χ0) is 9.68. The lowest BCUT2D eigenvalue weighted by atomic mass is 10.1. The maximum Gasteiger partial charge on any atom is 0.0414 e. The summed E-state index contributed by atoms with van der Waals surface area (Å²) in [5.74, 6) is 0.744. The lowest BCUT2D eigenvalue weighted by molar-refractivity contribution is 0.568. The Hall–Kier alpha value is -0.370. The molecular weight excluding hydrogens is 226 g/mol. The van der Waals surface area contributed by atoms with Crippen molar-refractivity contribution in [2.75, 3.05) is 0 Å². The maximum atomic E-state index is 4.30. The number of nitrogens with zero attached hydrogens (tertiary/aromatic N) is 1. The molecule has 1 unspecified atom stereocenters. The van der Waals surface area contributed by atoms with Crippen molar-refractivity contribution in [1.82, 2.24) is 4.98 Å². The highest BCUT2D eigenvalue weighted by molar-refractivity contribution is 9.09. The zero-order valence-corrected chi connectivity index (χ0v) is 9.79. The molecule has 0 N–H and O–H groups in total. The molecule has 0 amide bonds. The fourth-order valence-corrected chi connectivity index (χ4v) is 2.42. The Bertz CT molecular complexity index is 233. The Morgan fingerprint density at radius 1 is 1.38 bits per heavy atom. The van der Waals surface area contributed by atoms with Gasteiger partial charge in [-0.15, -0.1) is 0 Å². The Kier molecular flexibility index (Phi) is 4.43. The van der Waals surface area contributed by atoms with Crippen LogP contribution in [-0.2, 0) is 6.42 Å². The van der Waals surface area contributed by atoms with E-state index in [1.54, 1.807) is 0 Å². The molecule has 0 aromatic carbocycles. The highest BCUT2D eigenvalue weighted by atomic mass is 79.9.